The number of nitriles is 1. The van der Waals surface area contributed by atoms with Crippen LogP contribution in [0.15, 0.2) is 54.1 Å². The van der Waals surface area contributed by atoms with Crippen LogP contribution in [0.2, 0.25) is 0 Å². The molecule has 0 amide bonds. The second-order valence-electron chi connectivity index (χ2n) is 5.55. The van der Waals surface area contributed by atoms with E-state index in [4.69, 9.17) is 19.8 Å². The predicted molar refractivity (Wildman–Crippen MR) is 99.1 cm³/mol. The van der Waals surface area contributed by atoms with Crippen LogP contribution in [-0.2, 0) is 11.2 Å². The molecule has 26 heavy (non-hydrogen) atoms. The summed E-state index contributed by atoms with van der Waals surface area (Å²) < 4.78 is 11.4. The van der Waals surface area contributed by atoms with E-state index in [2.05, 4.69) is 12.1 Å². The molecule has 0 heterocycles. The lowest BCUT2D eigenvalue weighted by Crippen LogP contribution is -2.03. The summed E-state index contributed by atoms with van der Waals surface area (Å²) >= 11 is 0. The van der Waals surface area contributed by atoms with E-state index in [0.29, 0.717) is 30.3 Å². The number of hydrogen-bond donors (Lipinski definition) is 1. The zero-order chi connectivity index (χ0) is 18.8. The molecule has 5 nitrogen and oxygen atoms in total. The third-order valence-electron chi connectivity index (χ3n) is 3.64. The fraction of sp³-hybridized carbons (Fsp3) is 0.238. The van der Waals surface area contributed by atoms with Crippen molar-refractivity contribution < 1.29 is 19.4 Å². The minimum absolute atomic E-state index is 0.330. The molecule has 1 N–H and O–H groups in total. The Labute approximate surface area is 153 Å². The third kappa shape index (κ3) is 5.67. The zero-order valence-electron chi connectivity index (χ0n) is 14.6. The number of carbonyl (C=O) groups is 1. The van der Waals surface area contributed by atoms with Crippen LogP contribution in [-0.4, -0.2) is 24.3 Å². The predicted octanol–water partition coefficient (Wildman–Crippen LogP) is 4.09. The average molecular weight is 351 g/mol. The van der Waals surface area contributed by atoms with Gasteiger partial charge in [0.05, 0.1) is 13.2 Å². The van der Waals surface area contributed by atoms with Gasteiger partial charge in [-0.15, -0.1) is 0 Å². The van der Waals surface area contributed by atoms with Crippen molar-refractivity contribution in [3.8, 4) is 17.6 Å². The summed E-state index contributed by atoms with van der Waals surface area (Å²) in [5.41, 5.74) is 1.51. The second kappa shape index (κ2) is 9.90. The molecule has 0 bridgehead atoms. The van der Waals surface area contributed by atoms with E-state index in [9.17, 15) is 4.79 Å². The van der Waals surface area contributed by atoms with Gasteiger partial charge in [-0.3, -0.25) is 0 Å². The second-order valence-corrected chi connectivity index (χ2v) is 5.55. The molecular formula is C21H21NO4. The summed E-state index contributed by atoms with van der Waals surface area (Å²) in [6.07, 6.45) is 3.11. The maximum Gasteiger partial charge on any atom is 0.346 e. The zero-order valence-corrected chi connectivity index (χ0v) is 14.6. The van der Waals surface area contributed by atoms with Gasteiger partial charge in [0.2, 0.25) is 0 Å². The number of aliphatic carboxylic acids is 1. The van der Waals surface area contributed by atoms with Crippen molar-refractivity contribution in [3.63, 3.8) is 0 Å². The molecular weight excluding hydrogens is 330 g/mol. The smallest absolute Gasteiger partial charge is 0.346 e. The number of benzene rings is 2. The molecule has 0 aromatic heterocycles. The molecule has 0 saturated heterocycles. The molecule has 0 fully saturated rings. The Morgan fingerprint density at radius 3 is 2.58 bits per heavy atom. The molecule has 0 saturated carbocycles. The fourth-order valence-electron chi connectivity index (χ4n) is 2.41. The van der Waals surface area contributed by atoms with Crippen LogP contribution in [0.1, 0.15) is 24.5 Å². The van der Waals surface area contributed by atoms with Gasteiger partial charge in [0.1, 0.15) is 11.6 Å². The Morgan fingerprint density at radius 2 is 1.92 bits per heavy atom. The molecule has 2 rings (SSSR count). The Morgan fingerprint density at radius 1 is 1.15 bits per heavy atom. The molecule has 134 valence electrons. The lowest BCUT2D eigenvalue weighted by molar-refractivity contribution is -0.132. The standard InChI is InChI=1S/C21H21NO4/c1-2-25-20-14-17(13-18(15-22)21(23)24)10-11-19(20)26-12-6-9-16-7-4-3-5-8-16/h3-5,7-8,10-11,13-14H,2,6,9,12H2,1H3,(H,23,24). The highest BCUT2D eigenvalue weighted by molar-refractivity contribution is 5.96. The van der Waals surface area contributed by atoms with E-state index >= 15 is 0 Å². The molecule has 0 spiro atoms. The summed E-state index contributed by atoms with van der Waals surface area (Å²) in [5, 5.41) is 17.8. The first-order valence-corrected chi connectivity index (χ1v) is 8.42. The van der Waals surface area contributed by atoms with Crippen LogP contribution in [0.5, 0.6) is 11.5 Å². The van der Waals surface area contributed by atoms with Gasteiger partial charge in [0.25, 0.3) is 0 Å². The molecule has 5 heteroatoms. The van der Waals surface area contributed by atoms with Crippen LogP contribution in [0, 0.1) is 11.3 Å². The first kappa shape index (κ1) is 19.1. The van der Waals surface area contributed by atoms with Gasteiger partial charge in [-0.25, -0.2) is 4.79 Å². The van der Waals surface area contributed by atoms with E-state index in [0.717, 1.165) is 12.8 Å². The summed E-state index contributed by atoms with van der Waals surface area (Å²) in [5.74, 6) is -0.124. The fourth-order valence-corrected chi connectivity index (χ4v) is 2.41. The maximum atomic E-state index is 11.0. The summed E-state index contributed by atoms with van der Waals surface area (Å²) in [4.78, 5) is 11.0. The van der Waals surface area contributed by atoms with E-state index in [1.54, 1.807) is 24.3 Å². The van der Waals surface area contributed by atoms with Gasteiger partial charge in [-0.1, -0.05) is 36.4 Å². The van der Waals surface area contributed by atoms with Crippen molar-refractivity contribution in [2.45, 2.75) is 19.8 Å². The molecule has 0 unspecified atom stereocenters. The summed E-state index contributed by atoms with van der Waals surface area (Å²) in [6.45, 7) is 2.86. The Bertz CT molecular complexity index is 807. The maximum absolute atomic E-state index is 11.0. The molecule has 0 atom stereocenters. The van der Waals surface area contributed by atoms with Crippen molar-refractivity contribution in [2.75, 3.05) is 13.2 Å². The average Bonchev–Trinajstić information content (AvgIpc) is 2.65. The molecule has 0 aliphatic rings. The lowest BCUT2D eigenvalue weighted by atomic mass is 10.1. The van der Waals surface area contributed by atoms with Crippen LogP contribution < -0.4 is 9.47 Å². The monoisotopic (exact) mass is 351 g/mol. The van der Waals surface area contributed by atoms with E-state index in [1.165, 1.54) is 11.6 Å². The number of nitrogens with zero attached hydrogens (tertiary/aromatic N) is 1. The minimum atomic E-state index is -1.26. The topological polar surface area (TPSA) is 79.5 Å². The van der Waals surface area contributed by atoms with Gasteiger partial charge in [-0.05, 0) is 49.1 Å². The molecule has 2 aromatic carbocycles. The number of ether oxygens (including phenoxy) is 2. The van der Waals surface area contributed by atoms with Gasteiger partial charge >= 0.3 is 5.97 Å². The van der Waals surface area contributed by atoms with Gasteiger partial charge in [-0.2, -0.15) is 5.26 Å². The van der Waals surface area contributed by atoms with Crippen molar-refractivity contribution >= 4 is 12.0 Å². The quantitative estimate of drug-likeness (QED) is 0.418. The van der Waals surface area contributed by atoms with E-state index < -0.39 is 5.97 Å². The molecule has 0 aliphatic heterocycles. The highest BCUT2D eigenvalue weighted by Crippen LogP contribution is 2.29. The molecule has 0 radical (unpaired) electrons. The summed E-state index contributed by atoms with van der Waals surface area (Å²) in [7, 11) is 0. The van der Waals surface area contributed by atoms with Gasteiger partial charge in [0, 0.05) is 0 Å². The Hall–Kier alpha value is -3.26. The lowest BCUT2D eigenvalue weighted by Gasteiger charge is -2.12. The number of carboxylic acid groups (broad SMARTS) is 1. The Balaban J connectivity index is 2.03. The largest absolute Gasteiger partial charge is 0.490 e. The number of carboxylic acids is 1. The van der Waals surface area contributed by atoms with E-state index in [-0.39, 0.29) is 5.57 Å². The molecule has 0 aliphatic carbocycles. The first-order chi connectivity index (χ1) is 12.6. The van der Waals surface area contributed by atoms with Crippen LogP contribution in [0.3, 0.4) is 0 Å². The third-order valence-corrected chi connectivity index (χ3v) is 3.64. The van der Waals surface area contributed by atoms with Gasteiger partial charge < -0.3 is 14.6 Å². The SMILES string of the molecule is CCOc1cc(C=C(C#N)C(=O)O)ccc1OCCCc1ccccc1. The highest BCUT2D eigenvalue weighted by atomic mass is 16.5. The van der Waals surface area contributed by atoms with Crippen LogP contribution in [0.4, 0.5) is 0 Å². The summed E-state index contributed by atoms with van der Waals surface area (Å²) in [6, 6.07) is 17.0. The number of hydrogen-bond acceptors (Lipinski definition) is 4. The van der Waals surface area contributed by atoms with Crippen molar-refractivity contribution in [1.82, 2.24) is 0 Å². The minimum Gasteiger partial charge on any atom is -0.490 e. The number of rotatable bonds is 9. The Kier molecular flexibility index (Phi) is 7.26. The van der Waals surface area contributed by atoms with Crippen LogP contribution >= 0.6 is 0 Å². The normalized spacial score (nSPS) is 10.8. The van der Waals surface area contributed by atoms with Crippen molar-refractivity contribution in [1.29, 1.82) is 5.26 Å². The highest BCUT2D eigenvalue weighted by Gasteiger charge is 2.09. The first-order valence-electron chi connectivity index (χ1n) is 8.42. The van der Waals surface area contributed by atoms with Crippen LogP contribution in [0.25, 0.3) is 6.08 Å². The van der Waals surface area contributed by atoms with Gasteiger partial charge in [0.15, 0.2) is 11.5 Å². The van der Waals surface area contributed by atoms with E-state index in [1.807, 2.05) is 25.1 Å². The molecule has 2 aromatic rings. The number of aryl methyl sites for hydroxylation is 1. The van der Waals surface area contributed by atoms with Crippen molar-refractivity contribution in [2.24, 2.45) is 0 Å². The van der Waals surface area contributed by atoms with Crippen molar-refractivity contribution in [3.05, 3.63) is 65.2 Å².